The summed E-state index contributed by atoms with van der Waals surface area (Å²) in [5.74, 6) is -0.257. The number of aromatic nitrogens is 2. The van der Waals surface area contributed by atoms with Gasteiger partial charge in [-0.3, -0.25) is 4.79 Å². The lowest BCUT2D eigenvalue weighted by Crippen LogP contribution is -2.48. The zero-order valence-corrected chi connectivity index (χ0v) is 17.6. The number of amides is 1. The number of piperidine rings is 1. The Kier molecular flexibility index (Phi) is 4.65. The molecule has 0 aliphatic carbocycles. The van der Waals surface area contributed by atoms with Crippen molar-refractivity contribution in [3.63, 3.8) is 0 Å². The molecule has 0 saturated carbocycles. The van der Waals surface area contributed by atoms with Crippen molar-refractivity contribution in [2.75, 3.05) is 24.6 Å². The molecule has 2 aliphatic heterocycles. The van der Waals surface area contributed by atoms with Gasteiger partial charge in [0.15, 0.2) is 9.84 Å². The monoisotopic (exact) mass is 423 g/mol. The molecule has 2 saturated heterocycles. The van der Waals surface area contributed by atoms with Gasteiger partial charge in [0, 0.05) is 30.9 Å². The molecule has 0 spiro atoms. The Bertz CT molecular complexity index is 1150. The van der Waals surface area contributed by atoms with Gasteiger partial charge in [0.25, 0.3) is 0 Å². The van der Waals surface area contributed by atoms with Crippen molar-refractivity contribution < 1.29 is 13.2 Å². The fourth-order valence-electron chi connectivity index (χ4n) is 4.97. The maximum Gasteiger partial charge on any atom is 0.226 e. The van der Waals surface area contributed by atoms with Crippen molar-refractivity contribution in [2.45, 2.75) is 24.7 Å². The Morgan fingerprint density at radius 3 is 2.43 bits per heavy atom. The summed E-state index contributed by atoms with van der Waals surface area (Å²) in [6, 6.07) is 16.4. The SMILES string of the molecule is O=C(C1CCS(=O)(=O)C1)N1CCC(c2ccccc2)(c2cn3ccccc3n2)CC1. The van der Waals surface area contributed by atoms with E-state index in [-0.39, 0.29) is 28.7 Å². The minimum atomic E-state index is -3.06. The second-order valence-electron chi connectivity index (χ2n) is 8.47. The van der Waals surface area contributed by atoms with Gasteiger partial charge in [-0.25, -0.2) is 13.4 Å². The highest BCUT2D eigenvalue weighted by molar-refractivity contribution is 7.91. The predicted molar refractivity (Wildman–Crippen MR) is 115 cm³/mol. The summed E-state index contributed by atoms with van der Waals surface area (Å²) in [5.41, 5.74) is 2.89. The van der Waals surface area contributed by atoms with Gasteiger partial charge in [-0.1, -0.05) is 36.4 Å². The van der Waals surface area contributed by atoms with Gasteiger partial charge < -0.3 is 9.30 Å². The van der Waals surface area contributed by atoms with E-state index in [4.69, 9.17) is 4.98 Å². The van der Waals surface area contributed by atoms with E-state index in [1.807, 2.05) is 51.9 Å². The molecule has 3 aromatic rings. The van der Waals surface area contributed by atoms with Gasteiger partial charge >= 0.3 is 0 Å². The van der Waals surface area contributed by atoms with E-state index in [0.717, 1.165) is 24.2 Å². The molecule has 0 N–H and O–H groups in total. The third-order valence-corrected chi connectivity index (χ3v) is 8.46. The molecule has 0 bridgehead atoms. The van der Waals surface area contributed by atoms with Gasteiger partial charge in [0.2, 0.25) is 5.91 Å². The van der Waals surface area contributed by atoms with Crippen molar-refractivity contribution >= 4 is 21.4 Å². The number of fused-ring (bicyclic) bond motifs is 1. The number of imidazole rings is 1. The van der Waals surface area contributed by atoms with E-state index in [1.54, 1.807) is 0 Å². The van der Waals surface area contributed by atoms with Crippen LogP contribution in [0.5, 0.6) is 0 Å². The number of carbonyl (C=O) groups is 1. The zero-order chi connectivity index (χ0) is 20.8. The molecular formula is C23H25N3O3S. The third-order valence-electron chi connectivity index (χ3n) is 6.69. The second kappa shape index (κ2) is 7.23. The Balaban J connectivity index is 1.44. The lowest BCUT2D eigenvalue weighted by atomic mass is 9.70. The Morgan fingerprint density at radius 2 is 1.77 bits per heavy atom. The minimum absolute atomic E-state index is 0.00139. The van der Waals surface area contributed by atoms with Crippen LogP contribution in [0.3, 0.4) is 0 Å². The number of pyridine rings is 1. The van der Waals surface area contributed by atoms with Crippen molar-refractivity contribution in [1.82, 2.24) is 14.3 Å². The van der Waals surface area contributed by atoms with Gasteiger partial charge in [-0.05, 0) is 37.0 Å². The molecule has 6 nitrogen and oxygen atoms in total. The summed E-state index contributed by atoms with van der Waals surface area (Å²) in [7, 11) is -3.06. The predicted octanol–water partition coefficient (Wildman–Crippen LogP) is 2.68. The van der Waals surface area contributed by atoms with Crippen LogP contribution < -0.4 is 0 Å². The molecule has 156 valence electrons. The maximum atomic E-state index is 13.0. The van der Waals surface area contributed by atoms with Crippen molar-refractivity contribution in [1.29, 1.82) is 0 Å². The highest BCUT2D eigenvalue weighted by atomic mass is 32.2. The third kappa shape index (κ3) is 3.31. The van der Waals surface area contributed by atoms with Gasteiger partial charge in [-0.2, -0.15) is 0 Å². The highest BCUT2D eigenvalue weighted by Gasteiger charge is 2.43. The average Bonchev–Trinajstić information content (AvgIpc) is 3.37. The Labute approximate surface area is 176 Å². The number of likely N-dealkylation sites (tertiary alicyclic amines) is 1. The number of hydrogen-bond acceptors (Lipinski definition) is 4. The van der Waals surface area contributed by atoms with E-state index in [0.29, 0.717) is 19.5 Å². The quantitative estimate of drug-likeness (QED) is 0.649. The van der Waals surface area contributed by atoms with Crippen LogP contribution in [0.15, 0.2) is 60.9 Å². The summed E-state index contributed by atoms with van der Waals surface area (Å²) < 4.78 is 25.7. The van der Waals surface area contributed by atoms with Crippen LogP contribution in [-0.2, 0) is 20.0 Å². The molecule has 1 amide bonds. The van der Waals surface area contributed by atoms with Crippen LogP contribution in [0.25, 0.3) is 5.65 Å². The highest BCUT2D eigenvalue weighted by Crippen LogP contribution is 2.41. The average molecular weight is 424 g/mol. The number of sulfone groups is 1. The van der Waals surface area contributed by atoms with E-state index >= 15 is 0 Å². The Hall–Kier alpha value is -2.67. The van der Waals surface area contributed by atoms with Gasteiger partial charge in [-0.15, -0.1) is 0 Å². The lowest BCUT2D eigenvalue weighted by Gasteiger charge is -2.42. The summed E-state index contributed by atoms with van der Waals surface area (Å²) in [5, 5.41) is 0. The molecule has 30 heavy (non-hydrogen) atoms. The van der Waals surface area contributed by atoms with Crippen LogP contribution in [0.2, 0.25) is 0 Å². The van der Waals surface area contributed by atoms with Gasteiger partial charge in [0.1, 0.15) is 5.65 Å². The van der Waals surface area contributed by atoms with Crippen LogP contribution >= 0.6 is 0 Å². The van der Waals surface area contributed by atoms with E-state index in [1.165, 1.54) is 5.56 Å². The normalized spacial score (nSPS) is 22.9. The summed E-state index contributed by atoms with van der Waals surface area (Å²) in [6.07, 6.45) is 6.10. The van der Waals surface area contributed by atoms with Crippen molar-refractivity contribution in [3.05, 3.63) is 72.2 Å². The van der Waals surface area contributed by atoms with E-state index < -0.39 is 9.84 Å². The number of benzene rings is 1. The molecule has 4 heterocycles. The molecular weight excluding hydrogens is 398 g/mol. The summed E-state index contributed by atoms with van der Waals surface area (Å²) in [4.78, 5) is 19.7. The first-order chi connectivity index (χ1) is 14.5. The molecule has 1 unspecified atom stereocenters. The first-order valence-corrected chi connectivity index (χ1v) is 12.3. The fraction of sp³-hybridized carbons (Fsp3) is 0.391. The van der Waals surface area contributed by atoms with Crippen LogP contribution in [0.1, 0.15) is 30.5 Å². The lowest BCUT2D eigenvalue weighted by molar-refractivity contribution is -0.136. The van der Waals surface area contributed by atoms with Crippen molar-refractivity contribution in [2.24, 2.45) is 5.92 Å². The molecule has 7 heteroatoms. The number of carbonyl (C=O) groups excluding carboxylic acids is 1. The number of nitrogens with zero attached hydrogens (tertiary/aromatic N) is 3. The standard InChI is InChI=1S/C23H25N3O3S/c27-22(18-9-15-30(28,29)17-18)25-13-10-23(11-14-25,19-6-2-1-3-7-19)20-16-26-12-5-4-8-21(26)24-20/h1-8,12,16,18H,9-11,13-15,17H2. The second-order valence-corrected chi connectivity index (χ2v) is 10.7. The molecule has 1 aromatic carbocycles. The molecule has 2 aliphatic rings. The molecule has 0 radical (unpaired) electrons. The topological polar surface area (TPSA) is 71.8 Å². The first kappa shape index (κ1) is 19.3. The van der Waals surface area contributed by atoms with Crippen LogP contribution in [0, 0.1) is 5.92 Å². The number of rotatable bonds is 3. The Morgan fingerprint density at radius 1 is 1.03 bits per heavy atom. The van der Waals surface area contributed by atoms with Crippen LogP contribution in [0.4, 0.5) is 0 Å². The zero-order valence-electron chi connectivity index (χ0n) is 16.8. The molecule has 1 atom stereocenters. The van der Waals surface area contributed by atoms with E-state index in [9.17, 15) is 13.2 Å². The molecule has 2 fully saturated rings. The number of hydrogen-bond donors (Lipinski definition) is 0. The summed E-state index contributed by atoms with van der Waals surface area (Å²) >= 11 is 0. The maximum absolute atomic E-state index is 13.0. The smallest absolute Gasteiger partial charge is 0.226 e. The molecule has 5 rings (SSSR count). The van der Waals surface area contributed by atoms with Crippen LogP contribution in [-0.4, -0.2) is 53.2 Å². The fourth-order valence-corrected chi connectivity index (χ4v) is 6.70. The van der Waals surface area contributed by atoms with Crippen molar-refractivity contribution in [3.8, 4) is 0 Å². The van der Waals surface area contributed by atoms with E-state index in [2.05, 4.69) is 18.3 Å². The van der Waals surface area contributed by atoms with Gasteiger partial charge in [0.05, 0.1) is 23.1 Å². The molecule has 2 aromatic heterocycles. The largest absolute Gasteiger partial charge is 0.342 e. The first-order valence-electron chi connectivity index (χ1n) is 10.5. The minimum Gasteiger partial charge on any atom is -0.342 e. The summed E-state index contributed by atoms with van der Waals surface area (Å²) in [6.45, 7) is 1.22.